The Hall–Kier alpha value is -3.78. The molecule has 5 rings (SSSR count). The Kier molecular flexibility index (Phi) is 6.69. The first-order valence-corrected chi connectivity index (χ1v) is 12.6. The number of nitrogens with one attached hydrogen (secondary N) is 1. The maximum atomic E-state index is 13.1. The van der Waals surface area contributed by atoms with Gasteiger partial charge in [-0.3, -0.25) is 9.59 Å². The van der Waals surface area contributed by atoms with E-state index in [9.17, 15) is 14.0 Å². The standard InChI is InChI=1S/C28H25FN4O2S/c1-17-3-7-19(8-4-17)23-15-24(20-9-5-18(2)6-10-20)33(32-23)28-31-27(35)25(36-28)16-26(34)30-22-13-11-21(29)12-14-22/h3-14,24-25H,15-16H2,1-2H3,(H,30,34)/t24-,25-/m1/s1. The van der Waals surface area contributed by atoms with Gasteiger partial charge in [-0.1, -0.05) is 71.4 Å². The molecular formula is C28H25FN4O2S. The zero-order valence-electron chi connectivity index (χ0n) is 19.9. The molecule has 2 amide bonds. The minimum atomic E-state index is -0.641. The molecule has 2 atom stereocenters. The summed E-state index contributed by atoms with van der Waals surface area (Å²) < 4.78 is 13.1. The average molecular weight is 501 g/mol. The van der Waals surface area contributed by atoms with Crippen molar-refractivity contribution in [2.24, 2.45) is 10.1 Å². The fourth-order valence-corrected chi connectivity index (χ4v) is 5.23. The Morgan fingerprint density at radius 2 is 1.64 bits per heavy atom. The monoisotopic (exact) mass is 500 g/mol. The van der Waals surface area contributed by atoms with Crippen LogP contribution in [0.25, 0.3) is 0 Å². The Bertz CT molecular complexity index is 1350. The molecule has 6 nitrogen and oxygen atoms in total. The van der Waals surface area contributed by atoms with Crippen LogP contribution < -0.4 is 5.32 Å². The lowest BCUT2D eigenvalue weighted by Gasteiger charge is -2.23. The third kappa shape index (κ3) is 5.23. The fourth-order valence-electron chi connectivity index (χ4n) is 4.17. The molecule has 0 spiro atoms. The summed E-state index contributed by atoms with van der Waals surface area (Å²) in [5.41, 5.74) is 5.86. The van der Waals surface area contributed by atoms with E-state index in [1.165, 1.54) is 41.6 Å². The van der Waals surface area contributed by atoms with Crippen molar-refractivity contribution in [1.29, 1.82) is 0 Å². The second kappa shape index (κ2) is 10.1. The molecule has 0 saturated heterocycles. The van der Waals surface area contributed by atoms with Gasteiger partial charge in [0.05, 0.1) is 11.8 Å². The second-order valence-corrected chi connectivity index (χ2v) is 10.2. The van der Waals surface area contributed by atoms with Crippen molar-refractivity contribution in [3.05, 3.63) is 101 Å². The molecule has 0 fully saturated rings. The number of halogens is 1. The zero-order chi connectivity index (χ0) is 25.2. The second-order valence-electron chi connectivity index (χ2n) is 8.99. The van der Waals surface area contributed by atoms with E-state index in [1.807, 2.05) is 18.9 Å². The van der Waals surface area contributed by atoms with E-state index in [0.717, 1.165) is 22.4 Å². The number of hydrogen-bond donors (Lipinski definition) is 1. The van der Waals surface area contributed by atoms with E-state index in [0.29, 0.717) is 17.3 Å². The molecule has 36 heavy (non-hydrogen) atoms. The van der Waals surface area contributed by atoms with E-state index in [1.54, 1.807) is 0 Å². The highest BCUT2D eigenvalue weighted by atomic mass is 32.2. The number of amidine groups is 1. The molecule has 2 aliphatic heterocycles. The molecule has 0 bridgehead atoms. The molecule has 0 radical (unpaired) electrons. The van der Waals surface area contributed by atoms with Gasteiger partial charge in [0.1, 0.15) is 11.1 Å². The molecule has 2 heterocycles. The molecule has 182 valence electrons. The number of benzene rings is 3. The lowest BCUT2D eigenvalue weighted by atomic mass is 9.97. The highest BCUT2D eigenvalue weighted by molar-refractivity contribution is 8.15. The smallest absolute Gasteiger partial charge is 0.262 e. The van der Waals surface area contributed by atoms with Gasteiger partial charge in [-0.2, -0.15) is 10.1 Å². The number of amides is 2. The van der Waals surface area contributed by atoms with Crippen LogP contribution in [-0.4, -0.2) is 33.0 Å². The lowest BCUT2D eigenvalue weighted by molar-refractivity contribution is -0.121. The first-order valence-electron chi connectivity index (χ1n) is 11.7. The Labute approximate surface area is 213 Å². The Morgan fingerprint density at radius 3 is 2.31 bits per heavy atom. The van der Waals surface area contributed by atoms with Crippen molar-refractivity contribution in [2.45, 2.75) is 38.0 Å². The molecule has 1 N–H and O–H groups in total. The first-order chi connectivity index (χ1) is 17.4. The third-order valence-electron chi connectivity index (χ3n) is 6.18. The van der Waals surface area contributed by atoms with Crippen LogP contribution in [0.15, 0.2) is 82.9 Å². The van der Waals surface area contributed by atoms with Crippen LogP contribution in [0, 0.1) is 19.7 Å². The van der Waals surface area contributed by atoms with Crippen molar-refractivity contribution in [3.63, 3.8) is 0 Å². The molecule has 0 saturated carbocycles. The number of carbonyl (C=O) groups is 2. The molecular weight excluding hydrogens is 475 g/mol. The number of carbonyl (C=O) groups excluding carboxylic acids is 2. The summed E-state index contributed by atoms with van der Waals surface area (Å²) in [6, 6.07) is 21.9. The van der Waals surface area contributed by atoms with Gasteiger partial charge in [-0.05, 0) is 49.2 Å². The van der Waals surface area contributed by atoms with Crippen LogP contribution in [0.4, 0.5) is 10.1 Å². The van der Waals surface area contributed by atoms with Crippen molar-refractivity contribution in [3.8, 4) is 0 Å². The summed E-state index contributed by atoms with van der Waals surface area (Å²) in [7, 11) is 0. The predicted octanol–water partition coefficient (Wildman–Crippen LogP) is 5.62. The summed E-state index contributed by atoms with van der Waals surface area (Å²) in [6.07, 6.45) is 0.640. The quantitative estimate of drug-likeness (QED) is 0.493. The third-order valence-corrected chi connectivity index (χ3v) is 7.32. The van der Waals surface area contributed by atoms with Crippen LogP contribution in [0.5, 0.6) is 0 Å². The highest BCUT2D eigenvalue weighted by Crippen LogP contribution is 2.38. The van der Waals surface area contributed by atoms with E-state index in [2.05, 4.69) is 58.8 Å². The predicted molar refractivity (Wildman–Crippen MR) is 142 cm³/mol. The molecule has 0 aliphatic carbocycles. The van der Waals surface area contributed by atoms with Gasteiger partial charge >= 0.3 is 0 Å². The average Bonchev–Trinajstić information content (AvgIpc) is 3.45. The number of nitrogens with zero attached hydrogens (tertiary/aromatic N) is 3. The molecule has 0 unspecified atom stereocenters. The van der Waals surface area contributed by atoms with Gasteiger partial charge in [0.2, 0.25) is 5.91 Å². The van der Waals surface area contributed by atoms with Crippen LogP contribution in [0.2, 0.25) is 0 Å². The fraction of sp³-hybridized carbons (Fsp3) is 0.214. The van der Waals surface area contributed by atoms with Gasteiger partial charge < -0.3 is 5.32 Å². The van der Waals surface area contributed by atoms with Crippen LogP contribution >= 0.6 is 11.8 Å². The van der Waals surface area contributed by atoms with Crippen molar-refractivity contribution < 1.29 is 14.0 Å². The molecule has 8 heteroatoms. The molecule has 3 aromatic rings. The number of hydrazone groups is 1. The van der Waals surface area contributed by atoms with E-state index in [-0.39, 0.29) is 30.1 Å². The van der Waals surface area contributed by atoms with Crippen molar-refractivity contribution in [1.82, 2.24) is 5.01 Å². The number of aryl methyl sites for hydroxylation is 2. The van der Waals surface area contributed by atoms with Crippen molar-refractivity contribution in [2.75, 3.05) is 5.32 Å². The normalized spacial score (nSPS) is 19.3. The van der Waals surface area contributed by atoms with Crippen LogP contribution in [0.1, 0.15) is 41.1 Å². The van der Waals surface area contributed by atoms with Crippen molar-refractivity contribution >= 4 is 40.1 Å². The minimum absolute atomic E-state index is 0.0363. The molecule has 2 aliphatic rings. The Morgan fingerprint density at radius 1 is 1.00 bits per heavy atom. The zero-order valence-corrected chi connectivity index (χ0v) is 20.8. The molecule has 3 aromatic carbocycles. The highest BCUT2D eigenvalue weighted by Gasteiger charge is 2.39. The number of hydrogen-bond acceptors (Lipinski definition) is 5. The van der Waals surface area contributed by atoms with Gasteiger partial charge in [0.25, 0.3) is 5.91 Å². The molecule has 0 aromatic heterocycles. The van der Waals surface area contributed by atoms with Gasteiger partial charge in [0.15, 0.2) is 5.17 Å². The van der Waals surface area contributed by atoms with Gasteiger partial charge in [0, 0.05) is 18.5 Å². The van der Waals surface area contributed by atoms with E-state index >= 15 is 0 Å². The van der Waals surface area contributed by atoms with Gasteiger partial charge in [-0.15, -0.1) is 0 Å². The summed E-state index contributed by atoms with van der Waals surface area (Å²) in [4.78, 5) is 29.6. The number of rotatable bonds is 5. The summed E-state index contributed by atoms with van der Waals surface area (Å²) in [6.45, 7) is 4.09. The van der Waals surface area contributed by atoms with Crippen LogP contribution in [-0.2, 0) is 9.59 Å². The SMILES string of the molecule is Cc1ccc(C2=NN(C3=NC(=O)[C@@H](CC(=O)Nc4ccc(F)cc4)S3)[C@@H](c3ccc(C)cc3)C2)cc1. The lowest BCUT2D eigenvalue weighted by Crippen LogP contribution is -2.25. The minimum Gasteiger partial charge on any atom is -0.326 e. The van der Waals surface area contributed by atoms with E-state index in [4.69, 9.17) is 5.10 Å². The Balaban J connectivity index is 1.35. The van der Waals surface area contributed by atoms with Crippen LogP contribution in [0.3, 0.4) is 0 Å². The maximum absolute atomic E-state index is 13.1. The summed E-state index contributed by atoms with van der Waals surface area (Å²) in [5.74, 6) is -1.07. The number of thioether (sulfide) groups is 1. The largest absolute Gasteiger partial charge is 0.326 e. The first kappa shape index (κ1) is 23.9. The summed E-state index contributed by atoms with van der Waals surface area (Å²) >= 11 is 1.26. The van der Waals surface area contributed by atoms with Gasteiger partial charge in [-0.25, -0.2) is 9.40 Å². The summed E-state index contributed by atoms with van der Waals surface area (Å²) in [5, 5.41) is 9.27. The topological polar surface area (TPSA) is 74.1 Å². The number of anilines is 1. The van der Waals surface area contributed by atoms with E-state index < -0.39 is 5.25 Å². The maximum Gasteiger partial charge on any atom is 0.262 e. The number of aliphatic imine (C=N–C) groups is 1.